The van der Waals surface area contributed by atoms with E-state index in [2.05, 4.69) is 4.98 Å². The highest BCUT2D eigenvalue weighted by atomic mass is 14.8. The van der Waals surface area contributed by atoms with Gasteiger partial charge in [0.15, 0.2) is 0 Å². The molecule has 0 aromatic carbocycles. The minimum atomic E-state index is 0.298. The summed E-state index contributed by atoms with van der Waals surface area (Å²) < 4.78 is 0. The van der Waals surface area contributed by atoms with E-state index in [0.717, 1.165) is 24.2 Å². The van der Waals surface area contributed by atoms with Gasteiger partial charge < -0.3 is 11.5 Å². The highest BCUT2D eigenvalue weighted by molar-refractivity contribution is 5.32. The maximum atomic E-state index is 6.39. The molecule has 0 radical (unpaired) electrons. The second-order valence-electron chi connectivity index (χ2n) is 5.80. The molecule has 4 N–H and O–H groups in total. The van der Waals surface area contributed by atoms with Crippen LogP contribution in [0.25, 0.3) is 0 Å². The zero-order valence-electron chi connectivity index (χ0n) is 10.2. The molecule has 2 bridgehead atoms. The number of hydrogen-bond donors (Lipinski definition) is 2. The Labute approximate surface area is 103 Å². The number of pyridine rings is 1. The summed E-state index contributed by atoms with van der Waals surface area (Å²) >= 11 is 0. The van der Waals surface area contributed by atoms with E-state index in [9.17, 15) is 0 Å². The zero-order chi connectivity index (χ0) is 11.8. The summed E-state index contributed by atoms with van der Waals surface area (Å²) in [6.07, 6.45) is 8.35. The maximum absolute atomic E-state index is 6.39. The van der Waals surface area contributed by atoms with Gasteiger partial charge in [-0.1, -0.05) is 6.42 Å². The molecule has 3 rings (SSSR count). The first-order valence-corrected chi connectivity index (χ1v) is 6.68. The van der Waals surface area contributed by atoms with Gasteiger partial charge in [0.05, 0.1) is 0 Å². The largest absolute Gasteiger partial charge is 0.384 e. The second-order valence-corrected chi connectivity index (χ2v) is 5.80. The molecule has 2 aliphatic rings. The molecule has 4 unspecified atom stereocenters. The van der Waals surface area contributed by atoms with Gasteiger partial charge >= 0.3 is 0 Å². The van der Waals surface area contributed by atoms with E-state index in [1.165, 1.54) is 31.2 Å². The lowest BCUT2D eigenvalue weighted by Gasteiger charge is -2.27. The summed E-state index contributed by atoms with van der Waals surface area (Å²) in [6.45, 7) is 0. The quantitative estimate of drug-likeness (QED) is 0.836. The van der Waals surface area contributed by atoms with Gasteiger partial charge in [0.2, 0.25) is 0 Å². The van der Waals surface area contributed by atoms with E-state index < -0.39 is 0 Å². The van der Waals surface area contributed by atoms with Crippen LogP contribution in [0.3, 0.4) is 0 Å². The Balaban J connectivity index is 1.65. The zero-order valence-corrected chi connectivity index (χ0v) is 10.2. The molecule has 2 aliphatic carbocycles. The Kier molecular flexibility index (Phi) is 2.79. The van der Waals surface area contributed by atoms with Crippen LogP contribution in [0.1, 0.15) is 31.2 Å². The Bertz CT molecular complexity index is 404. The number of hydrogen-bond acceptors (Lipinski definition) is 3. The lowest BCUT2D eigenvalue weighted by Crippen LogP contribution is -2.35. The van der Waals surface area contributed by atoms with Crippen molar-refractivity contribution in [2.45, 2.75) is 38.1 Å². The van der Waals surface area contributed by atoms with Crippen molar-refractivity contribution in [3.05, 3.63) is 23.9 Å². The van der Waals surface area contributed by atoms with Gasteiger partial charge in [0, 0.05) is 12.2 Å². The number of nitrogen functional groups attached to an aromatic ring is 1. The molecular weight excluding hydrogens is 210 g/mol. The molecule has 4 atom stereocenters. The van der Waals surface area contributed by atoms with E-state index >= 15 is 0 Å². The van der Waals surface area contributed by atoms with Crippen LogP contribution in [-0.2, 0) is 6.42 Å². The van der Waals surface area contributed by atoms with Gasteiger partial charge in [0.1, 0.15) is 5.82 Å². The predicted octanol–water partition coefficient (Wildman–Crippen LogP) is 1.97. The lowest BCUT2D eigenvalue weighted by molar-refractivity contribution is 0.280. The third kappa shape index (κ3) is 2.16. The fraction of sp³-hybridized carbons (Fsp3) is 0.643. The Morgan fingerprint density at radius 1 is 1.35 bits per heavy atom. The van der Waals surface area contributed by atoms with Crippen LogP contribution >= 0.6 is 0 Å². The minimum absolute atomic E-state index is 0.298. The van der Waals surface area contributed by atoms with Gasteiger partial charge in [-0.05, 0) is 61.1 Å². The summed E-state index contributed by atoms with van der Waals surface area (Å²) in [5, 5.41) is 0. The molecule has 0 amide bonds. The van der Waals surface area contributed by atoms with Crippen molar-refractivity contribution in [2.75, 3.05) is 5.73 Å². The Hall–Kier alpha value is -1.09. The van der Waals surface area contributed by atoms with Gasteiger partial charge in [-0.2, -0.15) is 0 Å². The van der Waals surface area contributed by atoms with Gasteiger partial charge in [0.25, 0.3) is 0 Å². The second kappa shape index (κ2) is 4.30. The summed E-state index contributed by atoms with van der Waals surface area (Å²) in [5.74, 6) is 3.21. The maximum Gasteiger partial charge on any atom is 0.123 e. The SMILES string of the molecule is Nc1cc(CC(N)C2CC3CCC2C3)ccn1. The van der Waals surface area contributed by atoms with Crippen molar-refractivity contribution in [1.29, 1.82) is 0 Å². The van der Waals surface area contributed by atoms with Crippen molar-refractivity contribution in [1.82, 2.24) is 4.98 Å². The van der Waals surface area contributed by atoms with Crippen molar-refractivity contribution in [2.24, 2.45) is 23.5 Å². The number of aromatic nitrogens is 1. The van der Waals surface area contributed by atoms with Crippen LogP contribution in [-0.4, -0.2) is 11.0 Å². The molecule has 2 fully saturated rings. The van der Waals surface area contributed by atoms with Crippen LogP contribution in [0, 0.1) is 17.8 Å². The number of anilines is 1. The van der Waals surface area contributed by atoms with E-state index in [0.29, 0.717) is 11.9 Å². The van der Waals surface area contributed by atoms with Crippen molar-refractivity contribution < 1.29 is 0 Å². The summed E-state index contributed by atoms with van der Waals surface area (Å²) in [7, 11) is 0. The highest BCUT2D eigenvalue weighted by Crippen LogP contribution is 2.49. The number of nitrogens with two attached hydrogens (primary N) is 2. The van der Waals surface area contributed by atoms with Crippen LogP contribution in [0.5, 0.6) is 0 Å². The number of rotatable bonds is 3. The molecule has 2 saturated carbocycles. The van der Waals surface area contributed by atoms with Crippen molar-refractivity contribution in [3.8, 4) is 0 Å². The average molecular weight is 231 g/mol. The molecule has 92 valence electrons. The first kappa shape index (κ1) is 11.0. The summed E-state index contributed by atoms with van der Waals surface area (Å²) in [5.41, 5.74) is 13.3. The van der Waals surface area contributed by atoms with E-state index in [1.54, 1.807) is 6.20 Å². The number of fused-ring (bicyclic) bond motifs is 2. The molecule has 0 spiro atoms. The van der Waals surface area contributed by atoms with Gasteiger partial charge in [-0.15, -0.1) is 0 Å². The van der Waals surface area contributed by atoms with E-state index in [4.69, 9.17) is 11.5 Å². The normalized spacial score (nSPS) is 32.9. The molecule has 1 heterocycles. The van der Waals surface area contributed by atoms with Crippen LogP contribution in [0.2, 0.25) is 0 Å². The summed E-state index contributed by atoms with van der Waals surface area (Å²) in [4.78, 5) is 4.02. The monoisotopic (exact) mass is 231 g/mol. The molecule has 0 saturated heterocycles. The third-order valence-corrected chi connectivity index (χ3v) is 4.66. The Morgan fingerprint density at radius 3 is 2.88 bits per heavy atom. The fourth-order valence-electron chi connectivity index (χ4n) is 3.86. The van der Waals surface area contributed by atoms with Crippen LogP contribution in [0.15, 0.2) is 18.3 Å². The highest BCUT2D eigenvalue weighted by Gasteiger charge is 2.41. The molecular formula is C14H21N3. The van der Waals surface area contributed by atoms with E-state index in [-0.39, 0.29) is 0 Å². The fourth-order valence-corrected chi connectivity index (χ4v) is 3.86. The molecule has 1 aromatic heterocycles. The van der Waals surface area contributed by atoms with Crippen LogP contribution in [0.4, 0.5) is 5.82 Å². The smallest absolute Gasteiger partial charge is 0.123 e. The average Bonchev–Trinajstić information content (AvgIpc) is 2.90. The van der Waals surface area contributed by atoms with E-state index in [1.807, 2.05) is 12.1 Å². The summed E-state index contributed by atoms with van der Waals surface area (Å²) in [6, 6.07) is 4.28. The van der Waals surface area contributed by atoms with Crippen molar-refractivity contribution in [3.63, 3.8) is 0 Å². The molecule has 3 nitrogen and oxygen atoms in total. The number of nitrogens with zero attached hydrogens (tertiary/aromatic N) is 1. The third-order valence-electron chi connectivity index (χ3n) is 4.66. The molecule has 0 aliphatic heterocycles. The first-order valence-electron chi connectivity index (χ1n) is 6.68. The lowest BCUT2D eigenvalue weighted by atomic mass is 9.81. The Morgan fingerprint density at radius 2 is 2.24 bits per heavy atom. The molecule has 17 heavy (non-hydrogen) atoms. The van der Waals surface area contributed by atoms with Crippen molar-refractivity contribution >= 4 is 5.82 Å². The molecule has 3 heteroatoms. The predicted molar refractivity (Wildman–Crippen MR) is 69.3 cm³/mol. The standard InChI is InChI=1S/C14H21N3/c15-13(7-10-3-4-17-14(16)8-10)12-6-9-1-2-11(12)5-9/h3-4,8-9,11-13H,1-2,5-7,15H2,(H2,16,17). The minimum Gasteiger partial charge on any atom is -0.384 e. The topological polar surface area (TPSA) is 64.9 Å². The van der Waals surface area contributed by atoms with Gasteiger partial charge in [-0.3, -0.25) is 0 Å². The molecule has 1 aromatic rings. The first-order chi connectivity index (χ1) is 8.22. The van der Waals surface area contributed by atoms with Gasteiger partial charge in [-0.25, -0.2) is 4.98 Å². The van der Waals surface area contributed by atoms with Crippen LogP contribution < -0.4 is 11.5 Å².